The molecule has 0 aliphatic carbocycles. The Balaban J connectivity index is 1.45. The second kappa shape index (κ2) is 8.68. The molecule has 2 aliphatic heterocycles. The van der Waals surface area contributed by atoms with Gasteiger partial charge in [0.15, 0.2) is 5.79 Å². The fraction of sp³-hybridized carbons (Fsp3) is 0.450. The highest BCUT2D eigenvalue weighted by atomic mass is 35.5. The van der Waals surface area contributed by atoms with E-state index in [9.17, 15) is 13.2 Å². The van der Waals surface area contributed by atoms with E-state index >= 15 is 0 Å². The highest BCUT2D eigenvalue weighted by molar-refractivity contribution is 7.89. The van der Waals surface area contributed by atoms with Gasteiger partial charge in [-0.1, -0.05) is 11.6 Å². The van der Waals surface area contributed by atoms with Gasteiger partial charge in [-0.3, -0.25) is 4.79 Å². The van der Waals surface area contributed by atoms with Crippen molar-refractivity contribution in [1.29, 1.82) is 0 Å². The molecule has 2 aromatic rings. The molecule has 0 bridgehead atoms. The predicted molar refractivity (Wildman–Crippen MR) is 108 cm³/mol. The number of sulfonamides is 1. The molecule has 1 unspecified atom stereocenters. The molecular weight excluding hydrogens is 432 g/mol. The molecule has 10 heteroatoms. The Morgan fingerprint density at radius 2 is 1.80 bits per heavy atom. The molecule has 8 nitrogen and oxygen atoms in total. The van der Waals surface area contributed by atoms with Gasteiger partial charge in [-0.05, 0) is 36.4 Å². The largest absolute Gasteiger partial charge is 0.468 e. The van der Waals surface area contributed by atoms with E-state index < -0.39 is 21.9 Å². The number of likely N-dealkylation sites (tertiary alicyclic amines) is 1. The van der Waals surface area contributed by atoms with Crippen LogP contribution in [0.4, 0.5) is 0 Å². The maximum absolute atomic E-state index is 12.9. The summed E-state index contributed by atoms with van der Waals surface area (Å²) in [6.45, 7) is 2.13. The van der Waals surface area contributed by atoms with Crippen molar-refractivity contribution in [3.8, 4) is 0 Å². The van der Waals surface area contributed by atoms with E-state index in [1.807, 2.05) is 0 Å². The Kier molecular flexibility index (Phi) is 6.17. The van der Waals surface area contributed by atoms with Crippen molar-refractivity contribution in [3.63, 3.8) is 0 Å². The fourth-order valence-corrected chi connectivity index (χ4v) is 5.08. The summed E-state index contributed by atoms with van der Waals surface area (Å²) in [6, 6.07) is 8.30. The lowest BCUT2D eigenvalue weighted by Gasteiger charge is -2.38. The molecular formula is C20H23ClN2O6S. The van der Waals surface area contributed by atoms with Crippen molar-refractivity contribution >= 4 is 27.5 Å². The number of nitrogens with one attached hydrogen (secondary N) is 1. The number of halogens is 1. The van der Waals surface area contributed by atoms with Crippen LogP contribution in [0.1, 0.15) is 31.1 Å². The van der Waals surface area contributed by atoms with Crippen molar-refractivity contribution in [2.75, 3.05) is 26.3 Å². The summed E-state index contributed by atoms with van der Waals surface area (Å²) in [6.07, 6.45) is 2.58. The number of piperidine rings is 1. The first kappa shape index (κ1) is 21.3. The van der Waals surface area contributed by atoms with Crippen LogP contribution in [0.2, 0.25) is 5.02 Å². The first-order valence-corrected chi connectivity index (χ1v) is 11.6. The topological polar surface area (TPSA) is 98.1 Å². The number of carbonyl (C=O) groups excluding carboxylic acids is 1. The van der Waals surface area contributed by atoms with Gasteiger partial charge in [0, 0.05) is 31.0 Å². The van der Waals surface area contributed by atoms with Gasteiger partial charge >= 0.3 is 0 Å². The average Bonchev–Trinajstić information content (AvgIpc) is 3.41. The standard InChI is InChI=1S/C20H23ClN2O6S/c21-15-3-5-16(6-4-15)30(25,26)22-17(18-2-1-11-27-18)14-19(24)23-9-7-20(8-10-23)28-12-13-29-20/h1-6,11,17,22H,7-10,12-14H2. The summed E-state index contributed by atoms with van der Waals surface area (Å²) in [5, 5.41) is 0.435. The molecule has 0 radical (unpaired) electrons. The Labute approximate surface area is 180 Å². The van der Waals surface area contributed by atoms with Crippen LogP contribution in [0.25, 0.3) is 0 Å². The molecule has 1 aromatic heterocycles. The number of furan rings is 1. The minimum Gasteiger partial charge on any atom is -0.468 e. The van der Waals surface area contributed by atoms with Crippen LogP contribution in [0, 0.1) is 0 Å². The summed E-state index contributed by atoms with van der Waals surface area (Å²) in [5.41, 5.74) is 0. The van der Waals surface area contributed by atoms with Gasteiger partial charge in [-0.2, -0.15) is 4.72 Å². The summed E-state index contributed by atoms with van der Waals surface area (Å²) >= 11 is 5.85. The van der Waals surface area contributed by atoms with E-state index in [2.05, 4.69) is 4.72 Å². The Morgan fingerprint density at radius 1 is 1.13 bits per heavy atom. The lowest BCUT2D eigenvalue weighted by Crippen LogP contribution is -2.48. The molecule has 3 heterocycles. The summed E-state index contributed by atoms with van der Waals surface area (Å²) in [5.74, 6) is -0.368. The van der Waals surface area contributed by atoms with Crippen molar-refractivity contribution in [3.05, 3.63) is 53.4 Å². The van der Waals surface area contributed by atoms with E-state index in [1.165, 1.54) is 30.5 Å². The SMILES string of the molecule is O=C(CC(NS(=O)(=O)c1ccc(Cl)cc1)c1ccco1)N1CCC2(CC1)OCCO2. The second-order valence-electron chi connectivity index (χ2n) is 7.34. The number of hydrogen-bond acceptors (Lipinski definition) is 6. The van der Waals surface area contributed by atoms with E-state index in [-0.39, 0.29) is 17.2 Å². The monoisotopic (exact) mass is 454 g/mol. The van der Waals surface area contributed by atoms with Crippen LogP contribution >= 0.6 is 11.6 Å². The van der Waals surface area contributed by atoms with Gasteiger partial charge in [-0.25, -0.2) is 8.42 Å². The van der Waals surface area contributed by atoms with Crippen molar-refractivity contribution < 1.29 is 27.1 Å². The zero-order valence-corrected chi connectivity index (χ0v) is 17.8. The lowest BCUT2D eigenvalue weighted by atomic mass is 10.0. The molecule has 2 fully saturated rings. The Hall–Kier alpha value is -1.91. The van der Waals surface area contributed by atoms with Crippen LogP contribution in [-0.2, 0) is 24.3 Å². The third-order valence-electron chi connectivity index (χ3n) is 5.38. The highest BCUT2D eigenvalue weighted by Gasteiger charge is 2.41. The maximum atomic E-state index is 12.9. The molecule has 30 heavy (non-hydrogen) atoms. The minimum absolute atomic E-state index is 0.0605. The third kappa shape index (κ3) is 4.70. The van der Waals surface area contributed by atoms with E-state index in [0.29, 0.717) is 49.9 Å². The Morgan fingerprint density at radius 3 is 2.40 bits per heavy atom. The Bertz CT molecular complexity index is 961. The van der Waals surface area contributed by atoms with Gasteiger partial charge in [0.1, 0.15) is 5.76 Å². The number of ether oxygens (including phenoxy) is 2. The third-order valence-corrected chi connectivity index (χ3v) is 7.12. The molecule has 1 aromatic carbocycles. The molecule has 4 rings (SSSR count). The number of rotatable bonds is 6. The van der Waals surface area contributed by atoms with E-state index in [4.69, 9.17) is 25.5 Å². The summed E-state index contributed by atoms with van der Waals surface area (Å²) < 4.78 is 45.0. The molecule has 1 spiro atoms. The van der Waals surface area contributed by atoms with Gasteiger partial charge in [0.25, 0.3) is 0 Å². The van der Waals surface area contributed by atoms with Gasteiger partial charge in [0.2, 0.25) is 15.9 Å². The van der Waals surface area contributed by atoms with Gasteiger partial charge < -0.3 is 18.8 Å². The molecule has 2 aliphatic rings. The van der Waals surface area contributed by atoms with Crippen molar-refractivity contribution in [2.24, 2.45) is 0 Å². The normalized spacial score (nSPS) is 19.8. The molecule has 162 valence electrons. The van der Waals surface area contributed by atoms with E-state index in [1.54, 1.807) is 17.0 Å². The quantitative estimate of drug-likeness (QED) is 0.720. The highest BCUT2D eigenvalue weighted by Crippen LogP contribution is 2.32. The van der Waals surface area contributed by atoms with Crippen LogP contribution in [0.3, 0.4) is 0 Å². The molecule has 2 saturated heterocycles. The van der Waals surface area contributed by atoms with Gasteiger partial charge in [-0.15, -0.1) is 0 Å². The van der Waals surface area contributed by atoms with Crippen LogP contribution in [-0.4, -0.2) is 51.3 Å². The predicted octanol–water partition coefficient (Wildman–Crippen LogP) is 2.71. The molecule has 1 atom stereocenters. The summed E-state index contributed by atoms with van der Waals surface area (Å²) in [7, 11) is -3.88. The van der Waals surface area contributed by atoms with Crippen molar-refractivity contribution in [1.82, 2.24) is 9.62 Å². The molecule has 1 amide bonds. The first-order valence-electron chi connectivity index (χ1n) is 9.74. The molecule has 1 N–H and O–H groups in total. The number of carbonyl (C=O) groups is 1. The fourth-order valence-electron chi connectivity index (χ4n) is 3.75. The zero-order valence-electron chi connectivity index (χ0n) is 16.3. The van der Waals surface area contributed by atoms with Gasteiger partial charge in [0.05, 0.1) is 36.8 Å². The number of amides is 1. The van der Waals surface area contributed by atoms with Crippen LogP contribution < -0.4 is 4.72 Å². The van der Waals surface area contributed by atoms with Crippen LogP contribution in [0.15, 0.2) is 52.0 Å². The minimum atomic E-state index is -3.88. The summed E-state index contributed by atoms with van der Waals surface area (Å²) in [4.78, 5) is 14.7. The number of nitrogens with zero attached hydrogens (tertiary/aromatic N) is 1. The molecule has 0 saturated carbocycles. The van der Waals surface area contributed by atoms with Crippen molar-refractivity contribution in [2.45, 2.75) is 36.0 Å². The van der Waals surface area contributed by atoms with E-state index in [0.717, 1.165) is 0 Å². The van der Waals surface area contributed by atoms with Crippen LogP contribution in [0.5, 0.6) is 0 Å². The second-order valence-corrected chi connectivity index (χ2v) is 9.49. The first-order chi connectivity index (χ1) is 14.4. The average molecular weight is 455 g/mol. The maximum Gasteiger partial charge on any atom is 0.241 e. The number of hydrogen-bond donors (Lipinski definition) is 1. The number of benzene rings is 1. The zero-order chi connectivity index (χ0) is 21.2. The lowest BCUT2D eigenvalue weighted by molar-refractivity contribution is -0.187. The smallest absolute Gasteiger partial charge is 0.241 e.